The predicted molar refractivity (Wildman–Crippen MR) is 68.3 cm³/mol. The predicted octanol–water partition coefficient (Wildman–Crippen LogP) is 3.47. The molecular weight excluding hydrogens is 271 g/mol. The quantitative estimate of drug-likeness (QED) is 0.933. The van der Waals surface area contributed by atoms with Gasteiger partial charge in [0, 0.05) is 12.1 Å². The first kappa shape index (κ1) is 14.1. The van der Waals surface area contributed by atoms with Crippen LogP contribution in [0.4, 0.5) is 19.0 Å². The fraction of sp³-hybridized carbons (Fsp3) is 0.231. The van der Waals surface area contributed by atoms with Crippen molar-refractivity contribution >= 4 is 5.82 Å². The maximum atomic E-state index is 12.3. The van der Waals surface area contributed by atoms with Gasteiger partial charge in [0.25, 0.3) is 0 Å². The van der Waals surface area contributed by atoms with E-state index in [-0.39, 0.29) is 11.3 Å². The lowest BCUT2D eigenvalue weighted by atomic mass is 10.1. The summed E-state index contributed by atoms with van der Waals surface area (Å²) in [7, 11) is 0. The Kier molecular flexibility index (Phi) is 4.07. The molecule has 106 valence electrons. The summed E-state index contributed by atoms with van der Waals surface area (Å²) in [5.41, 5.74) is 0.548. The topological polar surface area (TPSA) is 47.0 Å². The van der Waals surface area contributed by atoms with Crippen molar-refractivity contribution in [2.45, 2.75) is 13.3 Å². The summed E-state index contributed by atoms with van der Waals surface area (Å²) in [5, 5.41) is 10.7. The molecule has 0 spiro atoms. The minimum absolute atomic E-state index is 0.236. The van der Waals surface area contributed by atoms with E-state index in [4.69, 9.17) is 0 Å². The van der Waals surface area contributed by atoms with E-state index in [1.165, 1.54) is 18.2 Å². The molecule has 0 fully saturated rings. The van der Waals surface area contributed by atoms with Gasteiger partial charge in [-0.1, -0.05) is 12.1 Å². The summed E-state index contributed by atoms with van der Waals surface area (Å²) in [6.45, 7) is 2.59. The zero-order chi connectivity index (χ0) is 14.6. The molecule has 0 aliphatic rings. The second-order valence-electron chi connectivity index (χ2n) is 3.88. The molecule has 1 heterocycles. The second kappa shape index (κ2) is 5.77. The molecule has 4 nitrogen and oxygen atoms in total. The van der Waals surface area contributed by atoms with Crippen LogP contribution < -0.4 is 10.1 Å². The maximum absolute atomic E-state index is 12.3. The maximum Gasteiger partial charge on any atom is 0.573 e. The second-order valence-corrected chi connectivity index (χ2v) is 3.88. The molecule has 2 rings (SSSR count). The Hall–Kier alpha value is -2.31. The van der Waals surface area contributed by atoms with Crippen molar-refractivity contribution in [3.8, 4) is 17.0 Å². The Labute approximate surface area is 113 Å². The average Bonchev–Trinajstić information content (AvgIpc) is 2.39. The lowest BCUT2D eigenvalue weighted by Gasteiger charge is -2.12. The van der Waals surface area contributed by atoms with Crippen molar-refractivity contribution < 1.29 is 17.9 Å². The number of benzene rings is 1. The lowest BCUT2D eigenvalue weighted by molar-refractivity contribution is -0.274. The van der Waals surface area contributed by atoms with Gasteiger partial charge < -0.3 is 10.1 Å². The first-order valence-electron chi connectivity index (χ1n) is 5.92. The van der Waals surface area contributed by atoms with Gasteiger partial charge in [0.2, 0.25) is 0 Å². The normalized spacial score (nSPS) is 11.2. The highest BCUT2D eigenvalue weighted by Crippen LogP contribution is 2.32. The number of hydrogen-bond donors (Lipinski definition) is 1. The Morgan fingerprint density at radius 3 is 2.45 bits per heavy atom. The van der Waals surface area contributed by atoms with Crippen molar-refractivity contribution in [1.82, 2.24) is 10.2 Å². The number of para-hydroxylation sites is 1. The van der Waals surface area contributed by atoms with Crippen LogP contribution in [0.15, 0.2) is 36.4 Å². The van der Waals surface area contributed by atoms with Crippen molar-refractivity contribution in [2.75, 3.05) is 11.9 Å². The van der Waals surface area contributed by atoms with E-state index in [2.05, 4.69) is 20.3 Å². The Morgan fingerprint density at radius 1 is 1.10 bits per heavy atom. The minimum Gasteiger partial charge on any atom is -0.405 e. The van der Waals surface area contributed by atoms with Gasteiger partial charge in [-0.25, -0.2) is 0 Å². The highest BCUT2D eigenvalue weighted by molar-refractivity contribution is 5.67. The molecule has 0 unspecified atom stereocenters. The van der Waals surface area contributed by atoms with Gasteiger partial charge in [0.1, 0.15) is 11.6 Å². The summed E-state index contributed by atoms with van der Waals surface area (Å²) in [6, 6.07) is 9.05. The number of nitrogens with zero attached hydrogens (tertiary/aromatic N) is 2. The Morgan fingerprint density at radius 2 is 1.85 bits per heavy atom. The number of nitrogens with one attached hydrogen (secondary N) is 1. The summed E-state index contributed by atoms with van der Waals surface area (Å²) in [6.07, 6.45) is -4.74. The van der Waals surface area contributed by atoms with Gasteiger partial charge in [-0.05, 0) is 31.2 Å². The summed E-state index contributed by atoms with van der Waals surface area (Å²) in [4.78, 5) is 0. The largest absolute Gasteiger partial charge is 0.573 e. The van der Waals surface area contributed by atoms with Crippen LogP contribution in [0.2, 0.25) is 0 Å². The molecule has 0 radical (unpaired) electrons. The molecule has 0 saturated carbocycles. The fourth-order valence-corrected chi connectivity index (χ4v) is 1.64. The third-order valence-electron chi connectivity index (χ3n) is 2.41. The first-order chi connectivity index (χ1) is 9.49. The highest BCUT2D eigenvalue weighted by atomic mass is 19.4. The monoisotopic (exact) mass is 283 g/mol. The first-order valence-corrected chi connectivity index (χ1v) is 5.92. The van der Waals surface area contributed by atoms with E-state index in [0.717, 1.165) is 0 Å². The molecule has 0 bridgehead atoms. The number of ether oxygens (including phenoxy) is 1. The van der Waals surface area contributed by atoms with Gasteiger partial charge in [0.05, 0.1) is 5.69 Å². The van der Waals surface area contributed by atoms with E-state index in [1.807, 2.05) is 6.92 Å². The molecule has 0 aliphatic heterocycles. The van der Waals surface area contributed by atoms with Crippen molar-refractivity contribution in [2.24, 2.45) is 0 Å². The molecule has 20 heavy (non-hydrogen) atoms. The van der Waals surface area contributed by atoms with Crippen molar-refractivity contribution in [1.29, 1.82) is 0 Å². The van der Waals surface area contributed by atoms with Crippen LogP contribution >= 0.6 is 0 Å². The van der Waals surface area contributed by atoms with Crippen molar-refractivity contribution in [3.05, 3.63) is 36.4 Å². The molecule has 0 atom stereocenters. The molecule has 0 aliphatic carbocycles. The van der Waals surface area contributed by atoms with Crippen LogP contribution in [0.25, 0.3) is 11.3 Å². The minimum atomic E-state index is -4.74. The van der Waals surface area contributed by atoms with Gasteiger partial charge in [-0.2, -0.15) is 0 Å². The zero-order valence-corrected chi connectivity index (χ0v) is 10.6. The van der Waals surface area contributed by atoms with Crippen LogP contribution in [0.5, 0.6) is 5.75 Å². The van der Waals surface area contributed by atoms with Gasteiger partial charge in [0.15, 0.2) is 0 Å². The number of alkyl halides is 3. The third kappa shape index (κ3) is 3.59. The molecule has 0 saturated heterocycles. The smallest absolute Gasteiger partial charge is 0.405 e. The highest BCUT2D eigenvalue weighted by Gasteiger charge is 2.32. The number of aromatic nitrogens is 2. The van der Waals surface area contributed by atoms with E-state index in [9.17, 15) is 13.2 Å². The number of rotatable bonds is 4. The number of halogens is 3. The lowest BCUT2D eigenvalue weighted by Crippen LogP contribution is -2.17. The molecule has 1 aromatic heterocycles. The van der Waals surface area contributed by atoms with Crippen LogP contribution in [-0.4, -0.2) is 23.1 Å². The fourth-order valence-electron chi connectivity index (χ4n) is 1.64. The molecular formula is C13H12F3N3O. The molecule has 1 N–H and O–H groups in total. The number of anilines is 1. The molecule has 0 amide bonds. The van der Waals surface area contributed by atoms with E-state index in [1.54, 1.807) is 18.2 Å². The zero-order valence-electron chi connectivity index (χ0n) is 10.6. The molecule has 2 aromatic rings. The van der Waals surface area contributed by atoms with Crippen molar-refractivity contribution in [3.63, 3.8) is 0 Å². The molecule has 1 aromatic carbocycles. The average molecular weight is 283 g/mol. The van der Waals surface area contributed by atoms with Crippen LogP contribution in [0, 0.1) is 0 Å². The SMILES string of the molecule is CCNc1ccc(-c2ccccc2OC(F)(F)F)nn1. The van der Waals surface area contributed by atoms with Gasteiger partial charge >= 0.3 is 6.36 Å². The van der Waals surface area contributed by atoms with E-state index < -0.39 is 6.36 Å². The van der Waals surface area contributed by atoms with Crippen LogP contribution in [0.1, 0.15) is 6.92 Å². The van der Waals surface area contributed by atoms with Crippen LogP contribution in [-0.2, 0) is 0 Å². The standard InChI is InChI=1S/C13H12F3N3O/c1-2-17-12-8-7-10(18-19-12)9-5-3-4-6-11(9)20-13(14,15)16/h3-8H,2H2,1H3,(H,17,19). The Balaban J connectivity index is 2.32. The van der Waals surface area contributed by atoms with E-state index >= 15 is 0 Å². The Bertz CT molecular complexity index is 570. The number of hydrogen-bond acceptors (Lipinski definition) is 4. The van der Waals surface area contributed by atoms with Crippen LogP contribution in [0.3, 0.4) is 0 Å². The van der Waals surface area contributed by atoms with E-state index in [0.29, 0.717) is 18.1 Å². The third-order valence-corrected chi connectivity index (χ3v) is 2.41. The molecule has 7 heteroatoms. The summed E-state index contributed by atoms with van der Waals surface area (Å²) < 4.78 is 41.0. The summed E-state index contributed by atoms with van der Waals surface area (Å²) in [5.74, 6) is 0.260. The summed E-state index contributed by atoms with van der Waals surface area (Å²) >= 11 is 0. The van der Waals surface area contributed by atoms with Gasteiger partial charge in [-0.15, -0.1) is 23.4 Å². The van der Waals surface area contributed by atoms with Gasteiger partial charge in [-0.3, -0.25) is 0 Å².